The molecule has 0 radical (unpaired) electrons. The lowest BCUT2D eigenvalue weighted by atomic mass is 10.3. The second-order valence-corrected chi connectivity index (χ2v) is 5.33. The summed E-state index contributed by atoms with van der Waals surface area (Å²) in [5.74, 6) is 0.358. The van der Waals surface area contributed by atoms with Gasteiger partial charge in [-0.1, -0.05) is 0 Å². The summed E-state index contributed by atoms with van der Waals surface area (Å²) < 4.78 is 40.5. The third kappa shape index (κ3) is 3.21. The third-order valence-electron chi connectivity index (χ3n) is 2.34. The standard InChI is InChI=1S/C12H11FN2O3S/c13-8-1-3-9(4-2-8)18-10-5-6-12(11(14)7-10)19(15,16)17/h1-7H,14H2,(H2,15,16,17). The van der Waals surface area contributed by atoms with Gasteiger partial charge in [0, 0.05) is 6.07 Å². The smallest absolute Gasteiger partial charge is 0.240 e. The molecule has 7 heteroatoms. The molecule has 5 nitrogen and oxygen atoms in total. The molecule has 4 N–H and O–H groups in total. The molecule has 0 saturated heterocycles. The van der Waals surface area contributed by atoms with E-state index >= 15 is 0 Å². The Morgan fingerprint density at radius 2 is 1.58 bits per heavy atom. The van der Waals surface area contributed by atoms with E-state index in [4.69, 9.17) is 15.6 Å². The summed E-state index contributed by atoms with van der Waals surface area (Å²) in [6, 6.07) is 9.39. The van der Waals surface area contributed by atoms with Gasteiger partial charge in [0.2, 0.25) is 10.0 Å². The van der Waals surface area contributed by atoms with Gasteiger partial charge in [-0.15, -0.1) is 0 Å². The molecule has 0 aliphatic heterocycles. The van der Waals surface area contributed by atoms with Crippen LogP contribution in [0, 0.1) is 5.82 Å². The highest BCUT2D eigenvalue weighted by molar-refractivity contribution is 7.89. The Bertz CT molecular complexity index is 699. The number of ether oxygens (including phenoxy) is 1. The maximum absolute atomic E-state index is 12.7. The summed E-state index contributed by atoms with van der Waals surface area (Å²) >= 11 is 0. The quantitative estimate of drug-likeness (QED) is 0.840. The molecule has 19 heavy (non-hydrogen) atoms. The van der Waals surface area contributed by atoms with E-state index in [9.17, 15) is 12.8 Å². The van der Waals surface area contributed by atoms with Gasteiger partial charge in [-0.2, -0.15) is 0 Å². The number of nitrogen functional groups attached to an aromatic ring is 1. The van der Waals surface area contributed by atoms with Crippen LogP contribution < -0.4 is 15.6 Å². The van der Waals surface area contributed by atoms with Crippen molar-refractivity contribution in [2.45, 2.75) is 4.90 Å². The van der Waals surface area contributed by atoms with Gasteiger partial charge in [0.15, 0.2) is 0 Å². The predicted octanol–water partition coefficient (Wildman–Crippen LogP) is 1.85. The molecule has 0 amide bonds. The van der Waals surface area contributed by atoms with Crippen LogP contribution >= 0.6 is 0 Å². The molecule has 0 spiro atoms. The molecule has 0 atom stereocenters. The third-order valence-corrected chi connectivity index (χ3v) is 3.32. The molecule has 2 rings (SSSR count). The summed E-state index contributed by atoms with van der Waals surface area (Å²) in [5.41, 5.74) is 5.57. The lowest BCUT2D eigenvalue weighted by molar-refractivity contribution is 0.480. The molecule has 0 aliphatic rings. The van der Waals surface area contributed by atoms with Crippen molar-refractivity contribution in [2.24, 2.45) is 5.14 Å². The Kier molecular flexibility index (Phi) is 3.41. The van der Waals surface area contributed by atoms with Crippen molar-refractivity contribution in [3.8, 4) is 11.5 Å². The summed E-state index contributed by atoms with van der Waals surface area (Å²) in [7, 11) is -3.86. The zero-order valence-electron chi connectivity index (χ0n) is 9.71. The monoisotopic (exact) mass is 282 g/mol. The van der Waals surface area contributed by atoms with E-state index < -0.39 is 10.0 Å². The van der Waals surface area contributed by atoms with Crippen LogP contribution in [0.3, 0.4) is 0 Å². The Labute approximate surface area is 109 Å². The van der Waals surface area contributed by atoms with E-state index in [1.807, 2.05) is 0 Å². The van der Waals surface area contributed by atoms with Gasteiger partial charge in [-0.05, 0) is 36.4 Å². The van der Waals surface area contributed by atoms with Crippen molar-refractivity contribution in [3.05, 3.63) is 48.3 Å². The lowest BCUT2D eigenvalue weighted by Crippen LogP contribution is -2.14. The number of hydrogen-bond acceptors (Lipinski definition) is 4. The first-order valence-electron chi connectivity index (χ1n) is 5.22. The first kappa shape index (κ1) is 13.3. The van der Waals surface area contributed by atoms with Crippen LogP contribution in [-0.2, 0) is 10.0 Å². The zero-order valence-corrected chi connectivity index (χ0v) is 10.5. The minimum absolute atomic E-state index is 0.0119. The predicted molar refractivity (Wildman–Crippen MR) is 68.7 cm³/mol. The van der Waals surface area contributed by atoms with Crippen molar-refractivity contribution in [2.75, 3.05) is 5.73 Å². The second kappa shape index (κ2) is 4.87. The largest absolute Gasteiger partial charge is 0.457 e. The van der Waals surface area contributed by atoms with Gasteiger partial charge < -0.3 is 10.5 Å². The van der Waals surface area contributed by atoms with Crippen LogP contribution in [-0.4, -0.2) is 8.42 Å². The SMILES string of the molecule is Nc1cc(Oc2ccc(F)cc2)ccc1S(N)(=O)=O. The van der Waals surface area contributed by atoms with E-state index in [1.165, 1.54) is 42.5 Å². The van der Waals surface area contributed by atoms with Crippen LogP contribution in [0.5, 0.6) is 11.5 Å². The van der Waals surface area contributed by atoms with Crippen molar-refractivity contribution in [3.63, 3.8) is 0 Å². The number of rotatable bonds is 3. The van der Waals surface area contributed by atoms with Gasteiger partial charge >= 0.3 is 0 Å². The van der Waals surface area contributed by atoms with E-state index in [1.54, 1.807) is 0 Å². The lowest BCUT2D eigenvalue weighted by Gasteiger charge is -2.08. The fourth-order valence-electron chi connectivity index (χ4n) is 1.49. The fraction of sp³-hybridized carbons (Fsp3) is 0. The average Bonchev–Trinajstić information content (AvgIpc) is 2.30. The minimum Gasteiger partial charge on any atom is -0.457 e. The van der Waals surface area contributed by atoms with Gasteiger partial charge in [0.25, 0.3) is 0 Å². The van der Waals surface area contributed by atoms with Crippen molar-refractivity contribution in [1.82, 2.24) is 0 Å². The molecule has 2 aromatic rings. The summed E-state index contributed by atoms with van der Waals surface area (Å²) in [5, 5.41) is 4.99. The molecule has 0 unspecified atom stereocenters. The Morgan fingerprint density at radius 3 is 2.11 bits per heavy atom. The van der Waals surface area contributed by atoms with E-state index in [-0.39, 0.29) is 16.4 Å². The topological polar surface area (TPSA) is 95.4 Å². The van der Waals surface area contributed by atoms with Crippen LogP contribution in [0.4, 0.5) is 10.1 Å². The molecule has 100 valence electrons. The molecular formula is C12H11FN2O3S. The van der Waals surface area contributed by atoms with Crippen molar-refractivity contribution < 1.29 is 17.5 Å². The van der Waals surface area contributed by atoms with Crippen LogP contribution in [0.1, 0.15) is 0 Å². The fourth-order valence-corrected chi connectivity index (χ4v) is 2.13. The Balaban J connectivity index is 2.28. The number of anilines is 1. The molecule has 0 aromatic heterocycles. The number of hydrogen-bond donors (Lipinski definition) is 2. The van der Waals surface area contributed by atoms with E-state index in [0.717, 1.165) is 0 Å². The summed E-state index contributed by atoms with van der Waals surface area (Å²) in [4.78, 5) is -0.168. The highest BCUT2D eigenvalue weighted by Gasteiger charge is 2.12. The van der Waals surface area contributed by atoms with Gasteiger partial charge in [0.05, 0.1) is 5.69 Å². The number of nitrogens with two attached hydrogens (primary N) is 2. The van der Waals surface area contributed by atoms with E-state index in [2.05, 4.69) is 0 Å². The summed E-state index contributed by atoms with van der Waals surface area (Å²) in [6.07, 6.45) is 0. The highest BCUT2D eigenvalue weighted by Crippen LogP contribution is 2.27. The number of sulfonamides is 1. The first-order valence-corrected chi connectivity index (χ1v) is 6.76. The first-order chi connectivity index (χ1) is 8.86. The molecule has 0 aliphatic carbocycles. The molecule has 2 aromatic carbocycles. The van der Waals surface area contributed by atoms with Gasteiger partial charge in [-0.25, -0.2) is 17.9 Å². The maximum atomic E-state index is 12.7. The Hall–Kier alpha value is -2.12. The molecule has 0 saturated carbocycles. The van der Waals surface area contributed by atoms with Gasteiger partial charge in [0.1, 0.15) is 22.2 Å². The normalized spacial score (nSPS) is 11.3. The Morgan fingerprint density at radius 1 is 1.00 bits per heavy atom. The van der Waals surface area contributed by atoms with Crippen molar-refractivity contribution >= 4 is 15.7 Å². The van der Waals surface area contributed by atoms with Crippen molar-refractivity contribution in [1.29, 1.82) is 0 Å². The molecule has 0 heterocycles. The summed E-state index contributed by atoms with van der Waals surface area (Å²) in [6.45, 7) is 0. The van der Waals surface area contributed by atoms with Crippen LogP contribution in [0.25, 0.3) is 0 Å². The van der Waals surface area contributed by atoms with Crippen LogP contribution in [0.15, 0.2) is 47.4 Å². The maximum Gasteiger partial charge on any atom is 0.240 e. The second-order valence-electron chi connectivity index (χ2n) is 3.80. The average molecular weight is 282 g/mol. The minimum atomic E-state index is -3.86. The molecular weight excluding hydrogens is 271 g/mol. The number of benzene rings is 2. The highest BCUT2D eigenvalue weighted by atomic mass is 32.2. The zero-order chi connectivity index (χ0) is 14.0. The van der Waals surface area contributed by atoms with Gasteiger partial charge in [-0.3, -0.25) is 0 Å². The molecule has 0 fully saturated rings. The number of halogens is 1. The van der Waals surface area contributed by atoms with E-state index in [0.29, 0.717) is 11.5 Å². The number of primary sulfonamides is 1. The van der Waals surface area contributed by atoms with Crippen LogP contribution in [0.2, 0.25) is 0 Å². The molecule has 0 bridgehead atoms.